The van der Waals surface area contributed by atoms with E-state index in [2.05, 4.69) is 17.5 Å². The van der Waals surface area contributed by atoms with E-state index in [1.165, 1.54) is 4.90 Å². The number of imide groups is 1. The molecule has 5 heteroatoms. The second-order valence-electron chi connectivity index (χ2n) is 8.05. The molecule has 5 nitrogen and oxygen atoms in total. The SMILES string of the molecule is CC(C)C[C@@H](C(=O)Nc1ccccc1)N1C(=O)[C@@H]2[C@H](C1=O)[C@@H]1C=C[C@@H]2C1. The number of hydrogen-bond acceptors (Lipinski definition) is 3. The van der Waals surface area contributed by atoms with E-state index in [1.807, 2.05) is 32.0 Å². The van der Waals surface area contributed by atoms with Crippen molar-refractivity contribution in [2.24, 2.45) is 29.6 Å². The highest BCUT2D eigenvalue weighted by Crippen LogP contribution is 2.53. The Morgan fingerprint density at radius 1 is 1.08 bits per heavy atom. The van der Waals surface area contributed by atoms with Gasteiger partial charge in [0.05, 0.1) is 11.8 Å². The van der Waals surface area contributed by atoms with Crippen LogP contribution in [0.2, 0.25) is 0 Å². The van der Waals surface area contributed by atoms with E-state index in [4.69, 9.17) is 0 Å². The van der Waals surface area contributed by atoms with Crippen LogP contribution in [0.15, 0.2) is 42.5 Å². The van der Waals surface area contributed by atoms with E-state index in [9.17, 15) is 14.4 Å². The van der Waals surface area contributed by atoms with Gasteiger partial charge >= 0.3 is 0 Å². The van der Waals surface area contributed by atoms with Crippen molar-refractivity contribution in [1.82, 2.24) is 4.90 Å². The van der Waals surface area contributed by atoms with Crippen molar-refractivity contribution in [1.29, 1.82) is 0 Å². The van der Waals surface area contributed by atoms with Gasteiger partial charge < -0.3 is 5.32 Å². The van der Waals surface area contributed by atoms with Crippen LogP contribution in [0.25, 0.3) is 0 Å². The van der Waals surface area contributed by atoms with Crippen molar-refractivity contribution in [3.63, 3.8) is 0 Å². The number of nitrogens with one attached hydrogen (secondary N) is 1. The Hall–Kier alpha value is -2.43. The molecule has 0 radical (unpaired) electrons. The number of para-hydroxylation sites is 1. The van der Waals surface area contributed by atoms with Crippen LogP contribution in [0.4, 0.5) is 5.69 Å². The number of carbonyl (C=O) groups is 3. The maximum absolute atomic E-state index is 13.1. The van der Waals surface area contributed by atoms with Crippen LogP contribution in [-0.2, 0) is 14.4 Å². The Morgan fingerprint density at radius 3 is 2.19 bits per heavy atom. The summed E-state index contributed by atoms with van der Waals surface area (Å²) in [5, 5.41) is 2.87. The van der Waals surface area contributed by atoms with E-state index in [-0.39, 0.29) is 47.3 Å². The minimum absolute atomic E-state index is 0.156. The Balaban J connectivity index is 1.60. The summed E-state index contributed by atoms with van der Waals surface area (Å²) >= 11 is 0. The average molecular weight is 352 g/mol. The zero-order valence-electron chi connectivity index (χ0n) is 15.1. The highest BCUT2D eigenvalue weighted by Gasteiger charge is 2.61. The number of nitrogens with zero attached hydrogens (tertiary/aromatic N) is 1. The summed E-state index contributed by atoms with van der Waals surface area (Å²) in [5.74, 6) is -0.638. The van der Waals surface area contributed by atoms with Gasteiger partial charge in [-0.2, -0.15) is 0 Å². The summed E-state index contributed by atoms with van der Waals surface area (Å²) in [6.45, 7) is 4.00. The van der Waals surface area contributed by atoms with Crippen molar-refractivity contribution in [3.8, 4) is 0 Å². The standard InChI is InChI=1S/C21H24N2O3/c1-12(2)10-16(19(24)22-15-6-4-3-5-7-15)23-20(25)17-13-8-9-14(11-13)18(17)21(23)26/h3-9,12-14,16-18H,10-11H2,1-2H3,(H,22,24)/t13-,14-,16+,17-,18+/m1/s1. The summed E-state index contributed by atoms with van der Waals surface area (Å²) < 4.78 is 0. The number of amides is 3. The van der Waals surface area contributed by atoms with Crippen molar-refractivity contribution < 1.29 is 14.4 Å². The number of benzene rings is 1. The van der Waals surface area contributed by atoms with Gasteiger partial charge in [-0.3, -0.25) is 19.3 Å². The maximum Gasteiger partial charge on any atom is 0.247 e. The minimum Gasteiger partial charge on any atom is -0.324 e. The van der Waals surface area contributed by atoms with Crippen LogP contribution >= 0.6 is 0 Å². The van der Waals surface area contributed by atoms with E-state index in [0.717, 1.165) is 6.42 Å². The second kappa shape index (κ2) is 6.38. The Bertz CT molecular complexity index is 741. The number of likely N-dealkylation sites (tertiary alicyclic amines) is 1. The number of allylic oxidation sites excluding steroid dienone is 2. The molecule has 1 saturated heterocycles. The molecule has 1 heterocycles. The van der Waals surface area contributed by atoms with Gasteiger partial charge in [0.1, 0.15) is 6.04 Å². The lowest BCUT2D eigenvalue weighted by Crippen LogP contribution is -2.49. The minimum atomic E-state index is -0.750. The number of anilines is 1. The zero-order chi connectivity index (χ0) is 18.4. The lowest BCUT2D eigenvalue weighted by Gasteiger charge is -2.28. The molecule has 0 spiro atoms. The lowest BCUT2D eigenvalue weighted by molar-refractivity contribution is -0.147. The summed E-state index contributed by atoms with van der Waals surface area (Å²) in [5.41, 5.74) is 0.673. The Kier molecular flexibility index (Phi) is 4.17. The van der Waals surface area contributed by atoms with E-state index >= 15 is 0 Å². The van der Waals surface area contributed by atoms with Gasteiger partial charge in [-0.05, 0) is 42.7 Å². The highest BCUT2D eigenvalue weighted by molar-refractivity contribution is 6.10. The molecule has 136 valence electrons. The van der Waals surface area contributed by atoms with Crippen molar-refractivity contribution in [3.05, 3.63) is 42.5 Å². The van der Waals surface area contributed by atoms with E-state index < -0.39 is 6.04 Å². The van der Waals surface area contributed by atoms with Crippen molar-refractivity contribution in [2.45, 2.75) is 32.7 Å². The van der Waals surface area contributed by atoms with Crippen LogP contribution in [-0.4, -0.2) is 28.7 Å². The fraction of sp³-hybridized carbons (Fsp3) is 0.476. The Labute approximate surface area is 153 Å². The number of hydrogen-bond donors (Lipinski definition) is 1. The molecule has 1 saturated carbocycles. The molecule has 1 N–H and O–H groups in total. The fourth-order valence-electron chi connectivity index (χ4n) is 4.76. The van der Waals surface area contributed by atoms with Crippen LogP contribution in [0.5, 0.6) is 0 Å². The van der Waals surface area contributed by atoms with Gasteiger partial charge in [0.2, 0.25) is 17.7 Å². The summed E-state index contributed by atoms with van der Waals surface area (Å²) in [7, 11) is 0. The monoisotopic (exact) mass is 352 g/mol. The normalized spacial score (nSPS) is 30.2. The van der Waals surface area contributed by atoms with Crippen molar-refractivity contribution in [2.75, 3.05) is 5.32 Å². The molecule has 1 aromatic carbocycles. The average Bonchev–Trinajstić information content (AvgIpc) is 3.28. The highest BCUT2D eigenvalue weighted by atomic mass is 16.2. The first-order valence-electron chi connectivity index (χ1n) is 9.38. The molecule has 2 aliphatic carbocycles. The van der Waals surface area contributed by atoms with Crippen LogP contribution in [0.1, 0.15) is 26.7 Å². The van der Waals surface area contributed by atoms with Crippen molar-refractivity contribution >= 4 is 23.4 Å². The summed E-state index contributed by atoms with van der Waals surface area (Å²) in [4.78, 5) is 40.3. The fourth-order valence-corrected chi connectivity index (χ4v) is 4.76. The van der Waals surface area contributed by atoms with Gasteiger partial charge in [-0.1, -0.05) is 44.2 Å². The Morgan fingerprint density at radius 2 is 1.65 bits per heavy atom. The molecule has 0 aromatic heterocycles. The predicted molar refractivity (Wildman–Crippen MR) is 97.9 cm³/mol. The third-order valence-electron chi connectivity index (χ3n) is 5.85. The van der Waals surface area contributed by atoms with Gasteiger partial charge in [0.15, 0.2) is 0 Å². The molecule has 2 fully saturated rings. The van der Waals surface area contributed by atoms with Gasteiger partial charge in [0, 0.05) is 5.69 Å². The summed E-state index contributed by atoms with van der Waals surface area (Å²) in [6.07, 6.45) is 5.51. The lowest BCUT2D eigenvalue weighted by atomic mass is 9.85. The third-order valence-corrected chi connectivity index (χ3v) is 5.85. The van der Waals surface area contributed by atoms with Gasteiger partial charge in [0.25, 0.3) is 0 Å². The second-order valence-corrected chi connectivity index (χ2v) is 8.05. The molecule has 26 heavy (non-hydrogen) atoms. The van der Waals surface area contributed by atoms with Gasteiger partial charge in [-0.25, -0.2) is 0 Å². The molecular weight excluding hydrogens is 328 g/mol. The predicted octanol–water partition coefficient (Wildman–Crippen LogP) is 2.85. The number of carbonyl (C=O) groups excluding carboxylic acids is 3. The molecule has 4 rings (SSSR count). The maximum atomic E-state index is 13.1. The first kappa shape index (κ1) is 17.0. The largest absolute Gasteiger partial charge is 0.324 e. The molecule has 1 aromatic rings. The smallest absolute Gasteiger partial charge is 0.247 e. The molecule has 3 amide bonds. The topological polar surface area (TPSA) is 66.5 Å². The number of fused-ring (bicyclic) bond motifs is 5. The number of rotatable bonds is 5. The summed E-state index contributed by atoms with van der Waals surface area (Å²) in [6, 6.07) is 8.41. The third kappa shape index (κ3) is 2.66. The van der Waals surface area contributed by atoms with Gasteiger partial charge in [-0.15, -0.1) is 0 Å². The molecule has 1 aliphatic heterocycles. The van der Waals surface area contributed by atoms with Crippen LogP contribution in [0.3, 0.4) is 0 Å². The quantitative estimate of drug-likeness (QED) is 0.654. The van der Waals surface area contributed by atoms with Crippen LogP contribution < -0.4 is 5.32 Å². The molecule has 5 atom stereocenters. The first-order valence-corrected chi connectivity index (χ1v) is 9.38. The van der Waals surface area contributed by atoms with Crippen LogP contribution in [0, 0.1) is 29.6 Å². The zero-order valence-corrected chi connectivity index (χ0v) is 15.1. The molecular formula is C21H24N2O3. The van der Waals surface area contributed by atoms with E-state index in [0.29, 0.717) is 12.1 Å². The van der Waals surface area contributed by atoms with E-state index in [1.54, 1.807) is 12.1 Å². The first-order chi connectivity index (χ1) is 12.5. The molecule has 3 aliphatic rings. The molecule has 0 unspecified atom stereocenters. The molecule has 2 bridgehead atoms.